The lowest BCUT2D eigenvalue weighted by Crippen LogP contribution is -2.19. The SMILES string of the molecule is O=C(Nc1ccc(C(F)(F)F)cc1)Nc1c[nH]c2nccc(-c3cccc(CO)c3)c12. The molecule has 2 amide bonds. The first-order valence-electron chi connectivity index (χ1n) is 9.26. The third kappa shape index (κ3) is 4.36. The minimum Gasteiger partial charge on any atom is -0.392 e. The molecular weight excluding hydrogens is 409 g/mol. The fourth-order valence-electron chi connectivity index (χ4n) is 3.26. The van der Waals surface area contributed by atoms with E-state index in [1.54, 1.807) is 24.5 Å². The number of aromatic nitrogens is 2. The summed E-state index contributed by atoms with van der Waals surface area (Å²) in [4.78, 5) is 19.7. The van der Waals surface area contributed by atoms with Crippen molar-refractivity contribution in [1.82, 2.24) is 9.97 Å². The van der Waals surface area contributed by atoms with Crippen LogP contribution in [-0.4, -0.2) is 21.1 Å². The maximum atomic E-state index is 12.7. The second kappa shape index (κ2) is 8.11. The number of pyridine rings is 1. The number of carbonyl (C=O) groups is 1. The van der Waals surface area contributed by atoms with Crippen LogP contribution in [0, 0.1) is 0 Å². The number of hydrogen-bond acceptors (Lipinski definition) is 3. The van der Waals surface area contributed by atoms with Gasteiger partial charge in [-0.15, -0.1) is 0 Å². The molecule has 0 atom stereocenters. The molecule has 0 fully saturated rings. The normalized spacial score (nSPS) is 11.5. The number of alkyl halides is 3. The number of urea groups is 1. The number of aliphatic hydroxyl groups is 1. The van der Waals surface area contributed by atoms with E-state index in [4.69, 9.17) is 0 Å². The number of aliphatic hydroxyl groups excluding tert-OH is 1. The topological polar surface area (TPSA) is 90.0 Å². The molecule has 0 aliphatic carbocycles. The van der Waals surface area contributed by atoms with Crippen molar-refractivity contribution in [2.24, 2.45) is 0 Å². The van der Waals surface area contributed by atoms with Gasteiger partial charge in [0.2, 0.25) is 0 Å². The van der Waals surface area contributed by atoms with Gasteiger partial charge in [-0.1, -0.05) is 18.2 Å². The number of nitrogens with zero attached hydrogens (tertiary/aromatic N) is 1. The van der Waals surface area contributed by atoms with Crippen LogP contribution in [-0.2, 0) is 12.8 Å². The highest BCUT2D eigenvalue weighted by atomic mass is 19.4. The molecule has 2 aromatic heterocycles. The fraction of sp³-hybridized carbons (Fsp3) is 0.0909. The molecule has 4 rings (SSSR count). The van der Waals surface area contributed by atoms with E-state index in [1.165, 1.54) is 12.1 Å². The first-order chi connectivity index (χ1) is 14.8. The Bertz CT molecular complexity index is 1230. The summed E-state index contributed by atoms with van der Waals surface area (Å²) in [6.45, 7) is -0.101. The van der Waals surface area contributed by atoms with Gasteiger partial charge in [0.1, 0.15) is 5.65 Å². The monoisotopic (exact) mass is 426 g/mol. The number of fused-ring (bicyclic) bond motifs is 1. The van der Waals surface area contributed by atoms with Gasteiger partial charge in [-0.25, -0.2) is 9.78 Å². The summed E-state index contributed by atoms with van der Waals surface area (Å²) in [5.74, 6) is 0. The van der Waals surface area contributed by atoms with Crippen LogP contribution in [0.2, 0.25) is 0 Å². The number of hydrogen-bond donors (Lipinski definition) is 4. The number of halogens is 3. The summed E-state index contributed by atoms with van der Waals surface area (Å²) in [6.07, 6.45) is -1.23. The Kier molecular flexibility index (Phi) is 5.35. The Morgan fingerprint density at radius 2 is 1.84 bits per heavy atom. The Labute approximate surface area is 174 Å². The standard InChI is InChI=1S/C22H17F3N4O2/c23-22(24,25)15-4-6-16(7-5-15)28-21(31)29-18-11-27-20-19(18)17(8-9-26-20)14-3-1-2-13(10-14)12-30/h1-11,30H,12H2,(H,26,27)(H2,28,29,31). The molecule has 4 aromatic rings. The number of H-pyrrole nitrogens is 1. The van der Waals surface area contributed by atoms with Gasteiger partial charge in [0, 0.05) is 18.1 Å². The molecule has 31 heavy (non-hydrogen) atoms. The molecule has 0 saturated carbocycles. The van der Waals surface area contributed by atoms with Gasteiger partial charge < -0.3 is 20.7 Å². The summed E-state index contributed by atoms with van der Waals surface area (Å²) in [6, 6.07) is 12.7. The van der Waals surface area contributed by atoms with Gasteiger partial charge in [-0.05, 0) is 53.1 Å². The highest BCUT2D eigenvalue weighted by Gasteiger charge is 2.30. The molecule has 0 unspecified atom stereocenters. The van der Waals surface area contributed by atoms with Crippen molar-refractivity contribution in [2.75, 3.05) is 10.6 Å². The van der Waals surface area contributed by atoms with Crippen molar-refractivity contribution in [3.8, 4) is 11.1 Å². The molecule has 6 nitrogen and oxygen atoms in total. The third-order valence-electron chi connectivity index (χ3n) is 4.71. The number of benzene rings is 2. The molecule has 0 aliphatic heterocycles. The van der Waals surface area contributed by atoms with E-state index in [0.717, 1.165) is 28.8 Å². The van der Waals surface area contributed by atoms with Crippen LogP contribution in [0.1, 0.15) is 11.1 Å². The molecule has 0 bridgehead atoms. The lowest BCUT2D eigenvalue weighted by molar-refractivity contribution is -0.137. The first-order valence-corrected chi connectivity index (χ1v) is 9.26. The van der Waals surface area contributed by atoms with Gasteiger partial charge in [0.15, 0.2) is 0 Å². The minimum absolute atomic E-state index is 0.101. The van der Waals surface area contributed by atoms with Crippen molar-refractivity contribution < 1.29 is 23.1 Å². The summed E-state index contributed by atoms with van der Waals surface area (Å²) >= 11 is 0. The minimum atomic E-state index is -4.44. The quantitative estimate of drug-likeness (QED) is 0.353. The zero-order valence-electron chi connectivity index (χ0n) is 16.0. The summed E-state index contributed by atoms with van der Waals surface area (Å²) in [5, 5.41) is 15.3. The third-order valence-corrected chi connectivity index (χ3v) is 4.71. The van der Waals surface area contributed by atoms with E-state index in [-0.39, 0.29) is 12.3 Å². The molecule has 9 heteroatoms. The van der Waals surface area contributed by atoms with Crippen LogP contribution in [0.25, 0.3) is 22.2 Å². The zero-order chi connectivity index (χ0) is 22.0. The number of amides is 2. The molecular formula is C22H17F3N4O2. The van der Waals surface area contributed by atoms with Crippen LogP contribution < -0.4 is 10.6 Å². The van der Waals surface area contributed by atoms with Crippen LogP contribution in [0.3, 0.4) is 0 Å². The van der Waals surface area contributed by atoms with Gasteiger partial charge in [0.25, 0.3) is 0 Å². The summed E-state index contributed by atoms with van der Waals surface area (Å²) in [7, 11) is 0. The van der Waals surface area contributed by atoms with Gasteiger partial charge >= 0.3 is 12.2 Å². The Balaban J connectivity index is 1.59. The maximum absolute atomic E-state index is 12.7. The smallest absolute Gasteiger partial charge is 0.392 e. The van der Waals surface area contributed by atoms with Gasteiger partial charge in [0.05, 0.1) is 23.2 Å². The second-order valence-corrected chi connectivity index (χ2v) is 6.80. The van der Waals surface area contributed by atoms with Crippen LogP contribution in [0.4, 0.5) is 29.3 Å². The van der Waals surface area contributed by atoms with Crippen molar-refractivity contribution in [1.29, 1.82) is 0 Å². The van der Waals surface area contributed by atoms with E-state index in [9.17, 15) is 23.1 Å². The predicted molar refractivity (Wildman–Crippen MR) is 112 cm³/mol. The van der Waals surface area contributed by atoms with E-state index in [2.05, 4.69) is 20.6 Å². The van der Waals surface area contributed by atoms with E-state index in [0.29, 0.717) is 16.7 Å². The van der Waals surface area contributed by atoms with Crippen molar-refractivity contribution in [2.45, 2.75) is 12.8 Å². The van der Waals surface area contributed by atoms with E-state index < -0.39 is 17.8 Å². The van der Waals surface area contributed by atoms with Crippen molar-refractivity contribution >= 4 is 28.4 Å². The largest absolute Gasteiger partial charge is 0.416 e. The highest BCUT2D eigenvalue weighted by Crippen LogP contribution is 2.33. The molecule has 158 valence electrons. The fourth-order valence-corrected chi connectivity index (χ4v) is 3.26. The van der Waals surface area contributed by atoms with Crippen LogP contribution in [0.5, 0.6) is 0 Å². The van der Waals surface area contributed by atoms with Gasteiger partial charge in [-0.3, -0.25) is 0 Å². The lowest BCUT2D eigenvalue weighted by atomic mass is 10.0. The van der Waals surface area contributed by atoms with Crippen molar-refractivity contribution in [3.05, 3.63) is 78.1 Å². The van der Waals surface area contributed by atoms with Crippen LogP contribution in [0.15, 0.2) is 67.0 Å². The molecule has 0 radical (unpaired) electrons. The summed E-state index contributed by atoms with van der Waals surface area (Å²) in [5.41, 5.74) is 2.81. The number of carbonyl (C=O) groups excluding carboxylic acids is 1. The van der Waals surface area contributed by atoms with Gasteiger partial charge in [-0.2, -0.15) is 13.2 Å². The zero-order valence-corrected chi connectivity index (χ0v) is 16.0. The highest BCUT2D eigenvalue weighted by molar-refractivity contribution is 6.09. The summed E-state index contributed by atoms with van der Waals surface area (Å²) < 4.78 is 38.1. The lowest BCUT2D eigenvalue weighted by Gasteiger charge is -2.11. The van der Waals surface area contributed by atoms with E-state index in [1.807, 2.05) is 18.2 Å². The predicted octanol–water partition coefficient (Wildman–Crippen LogP) is 5.39. The Morgan fingerprint density at radius 3 is 2.55 bits per heavy atom. The number of aromatic amines is 1. The molecule has 2 aromatic carbocycles. The molecule has 0 saturated heterocycles. The number of rotatable bonds is 4. The molecule has 4 N–H and O–H groups in total. The Morgan fingerprint density at radius 1 is 1.06 bits per heavy atom. The van der Waals surface area contributed by atoms with Crippen molar-refractivity contribution in [3.63, 3.8) is 0 Å². The number of anilines is 2. The van der Waals surface area contributed by atoms with E-state index >= 15 is 0 Å². The number of nitrogens with one attached hydrogen (secondary N) is 3. The maximum Gasteiger partial charge on any atom is 0.416 e. The average Bonchev–Trinajstić information content (AvgIpc) is 3.16. The van der Waals surface area contributed by atoms with Crippen LogP contribution >= 0.6 is 0 Å². The Hall–Kier alpha value is -3.85. The second-order valence-electron chi connectivity index (χ2n) is 6.80. The molecule has 0 spiro atoms. The molecule has 0 aliphatic rings. The average molecular weight is 426 g/mol. The first kappa shape index (κ1) is 20.4. The molecule has 2 heterocycles.